The first-order valence-electron chi connectivity index (χ1n) is 8.39. The van der Waals surface area contributed by atoms with Crippen LogP contribution in [0.3, 0.4) is 0 Å². The molecule has 1 heterocycles. The Kier molecular flexibility index (Phi) is 4.19. The maximum Gasteiger partial charge on any atom is 0.114 e. The van der Waals surface area contributed by atoms with Crippen molar-refractivity contribution < 1.29 is 0 Å². The largest absolute Gasteiger partial charge is 0.305 e. The number of rotatable bonds is 4. The van der Waals surface area contributed by atoms with Gasteiger partial charge in [0.15, 0.2) is 0 Å². The highest BCUT2D eigenvalue weighted by Gasteiger charge is 2.44. The zero-order valence-electron chi connectivity index (χ0n) is 13.2. The molecule has 2 aliphatic carbocycles. The van der Waals surface area contributed by atoms with Crippen LogP contribution in [0, 0.1) is 11.8 Å². The number of hydrogen-bond acceptors (Lipinski definition) is 3. The van der Waals surface area contributed by atoms with Crippen molar-refractivity contribution in [3.8, 4) is 0 Å². The second-order valence-electron chi connectivity index (χ2n) is 6.93. The molecule has 0 aliphatic heterocycles. The predicted molar refractivity (Wildman–Crippen MR) is 86.3 cm³/mol. The van der Waals surface area contributed by atoms with Gasteiger partial charge >= 0.3 is 0 Å². The van der Waals surface area contributed by atoms with Gasteiger partial charge in [0.25, 0.3) is 0 Å². The van der Waals surface area contributed by atoms with Crippen molar-refractivity contribution in [1.29, 1.82) is 0 Å². The Morgan fingerprint density at radius 1 is 1.30 bits per heavy atom. The van der Waals surface area contributed by atoms with Gasteiger partial charge in [-0.05, 0) is 56.9 Å². The van der Waals surface area contributed by atoms with Gasteiger partial charge in [0, 0.05) is 4.88 Å². The van der Waals surface area contributed by atoms with Crippen LogP contribution >= 0.6 is 11.3 Å². The Morgan fingerprint density at radius 2 is 2.15 bits per heavy atom. The average Bonchev–Trinajstić information content (AvgIpc) is 3.01. The lowest BCUT2D eigenvalue weighted by Crippen LogP contribution is -2.51. The van der Waals surface area contributed by atoms with Crippen LogP contribution in [0.5, 0.6) is 0 Å². The van der Waals surface area contributed by atoms with E-state index in [2.05, 4.69) is 26.1 Å². The summed E-state index contributed by atoms with van der Waals surface area (Å²) in [5.74, 6) is 1.52. The highest BCUT2D eigenvalue weighted by Crippen LogP contribution is 2.46. The number of nitrogens with one attached hydrogen (secondary N) is 1. The van der Waals surface area contributed by atoms with E-state index in [0.717, 1.165) is 12.5 Å². The van der Waals surface area contributed by atoms with Crippen LogP contribution in [0.1, 0.15) is 68.5 Å². The summed E-state index contributed by atoms with van der Waals surface area (Å²) >= 11 is 2.01. The molecule has 0 saturated heterocycles. The summed E-state index contributed by atoms with van der Waals surface area (Å²) in [4.78, 5) is 6.65. The standard InChI is InChI=1S/C17H28N2S/c1-4-10-18-17(11-12(2)8-9-13(17)3)16-19-14-6-5-7-15(14)20-16/h12-13,18H,4-11H2,1-3H3. The summed E-state index contributed by atoms with van der Waals surface area (Å²) in [7, 11) is 0. The van der Waals surface area contributed by atoms with E-state index < -0.39 is 0 Å². The predicted octanol–water partition coefficient (Wildman–Crippen LogP) is 4.28. The van der Waals surface area contributed by atoms with Gasteiger partial charge in [-0.3, -0.25) is 0 Å². The number of thiazole rings is 1. The van der Waals surface area contributed by atoms with Crippen molar-refractivity contribution >= 4 is 11.3 Å². The molecule has 112 valence electrons. The Morgan fingerprint density at radius 3 is 2.90 bits per heavy atom. The molecule has 3 heteroatoms. The molecule has 1 fully saturated rings. The van der Waals surface area contributed by atoms with Crippen molar-refractivity contribution in [1.82, 2.24) is 10.3 Å². The zero-order chi connectivity index (χ0) is 14.2. The normalized spacial score (nSPS) is 33.4. The molecule has 3 atom stereocenters. The first-order valence-corrected chi connectivity index (χ1v) is 9.21. The summed E-state index contributed by atoms with van der Waals surface area (Å²) in [5.41, 5.74) is 1.57. The van der Waals surface area contributed by atoms with Gasteiger partial charge in [-0.15, -0.1) is 11.3 Å². The lowest BCUT2D eigenvalue weighted by Gasteiger charge is -2.44. The number of nitrogens with zero attached hydrogens (tertiary/aromatic N) is 1. The van der Waals surface area contributed by atoms with E-state index in [1.807, 2.05) is 11.3 Å². The number of hydrogen-bond donors (Lipinski definition) is 1. The molecule has 3 rings (SSSR count). The third kappa shape index (κ3) is 2.43. The van der Waals surface area contributed by atoms with Crippen molar-refractivity contribution in [3.05, 3.63) is 15.6 Å². The second-order valence-corrected chi connectivity index (χ2v) is 8.01. The van der Waals surface area contributed by atoms with Crippen LogP contribution in [-0.2, 0) is 18.4 Å². The molecule has 0 radical (unpaired) electrons. The Labute approximate surface area is 127 Å². The minimum absolute atomic E-state index is 0.155. The Bertz CT molecular complexity index is 446. The number of aryl methyl sites for hydroxylation is 2. The molecule has 0 aromatic carbocycles. The SMILES string of the molecule is CCCNC1(c2nc3c(s2)CCC3)CC(C)CCC1C. The van der Waals surface area contributed by atoms with E-state index in [0.29, 0.717) is 5.92 Å². The second kappa shape index (κ2) is 5.76. The van der Waals surface area contributed by atoms with Gasteiger partial charge in [-0.1, -0.05) is 27.2 Å². The highest BCUT2D eigenvalue weighted by molar-refractivity contribution is 7.12. The van der Waals surface area contributed by atoms with Crippen LogP contribution < -0.4 is 5.32 Å². The maximum absolute atomic E-state index is 5.08. The molecule has 1 N–H and O–H groups in total. The molecule has 3 unspecified atom stereocenters. The van der Waals surface area contributed by atoms with E-state index >= 15 is 0 Å². The molecule has 2 nitrogen and oxygen atoms in total. The monoisotopic (exact) mass is 292 g/mol. The summed E-state index contributed by atoms with van der Waals surface area (Å²) in [6, 6.07) is 0. The molecule has 0 amide bonds. The summed E-state index contributed by atoms with van der Waals surface area (Å²) in [6.45, 7) is 8.22. The first-order chi connectivity index (χ1) is 9.65. The lowest BCUT2D eigenvalue weighted by molar-refractivity contribution is 0.118. The molecule has 2 aliphatic rings. The van der Waals surface area contributed by atoms with Crippen molar-refractivity contribution in [3.63, 3.8) is 0 Å². The van der Waals surface area contributed by atoms with Crippen LogP contribution in [0.2, 0.25) is 0 Å². The fourth-order valence-corrected chi connectivity index (χ4v) is 5.42. The van der Waals surface area contributed by atoms with Gasteiger partial charge in [0.05, 0.1) is 11.2 Å². The smallest absolute Gasteiger partial charge is 0.114 e. The van der Waals surface area contributed by atoms with Crippen LogP contribution in [-0.4, -0.2) is 11.5 Å². The topological polar surface area (TPSA) is 24.9 Å². The molecule has 1 aromatic heterocycles. The summed E-state index contributed by atoms with van der Waals surface area (Å²) < 4.78 is 0. The minimum Gasteiger partial charge on any atom is -0.305 e. The quantitative estimate of drug-likeness (QED) is 0.896. The average molecular weight is 292 g/mol. The van der Waals surface area contributed by atoms with Gasteiger partial charge in [-0.2, -0.15) is 0 Å². The molecule has 0 bridgehead atoms. The number of aromatic nitrogens is 1. The van der Waals surface area contributed by atoms with Crippen LogP contribution in [0.25, 0.3) is 0 Å². The van der Waals surface area contributed by atoms with Gasteiger partial charge in [-0.25, -0.2) is 4.98 Å². The van der Waals surface area contributed by atoms with E-state index in [9.17, 15) is 0 Å². The van der Waals surface area contributed by atoms with Crippen LogP contribution in [0.4, 0.5) is 0 Å². The van der Waals surface area contributed by atoms with Gasteiger partial charge < -0.3 is 5.32 Å². The van der Waals surface area contributed by atoms with Crippen molar-refractivity contribution in [2.24, 2.45) is 11.8 Å². The molecule has 1 aromatic rings. The third-order valence-corrected chi connectivity index (χ3v) is 6.61. The third-order valence-electron chi connectivity index (χ3n) is 5.27. The lowest BCUT2D eigenvalue weighted by atomic mass is 9.70. The molecular formula is C17H28N2S. The van der Waals surface area contributed by atoms with Gasteiger partial charge in [0.2, 0.25) is 0 Å². The van der Waals surface area contributed by atoms with E-state index in [4.69, 9.17) is 4.98 Å². The molecule has 1 saturated carbocycles. The Hall–Kier alpha value is -0.410. The van der Waals surface area contributed by atoms with E-state index in [-0.39, 0.29) is 5.54 Å². The first kappa shape index (κ1) is 14.5. The molecular weight excluding hydrogens is 264 g/mol. The maximum atomic E-state index is 5.08. The fourth-order valence-electron chi connectivity index (χ4n) is 3.98. The molecule has 20 heavy (non-hydrogen) atoms. The fraction of sp³-hybridized carbons (Fsp3) is 0.824. The van der Waals surface area contributed by atoms with Crippen molar-refractivity contribution in [2.75, 3.05) is 6.54 Å². The van der Waals surface area contributed by atoms with E-state index in [1.54, 1.807) is 4.88 Å². The highest BCUT2D eigenvalue weighted by atomic mass is 32.1. The van der Waals surface area contributed by atoms with Gasteiger partial charge in [0.1, 0.15) is 5.01 Å². The minimum atomic E-state index is 0.155. The zero-order valence-corrected chi connectivity index (χ0v) is 14.0. The van der Waals surface area contributed by atoms with E-state index in [1.165, 1.54) is 55.6 Å². The van der Waals surface area contributed by atoms with Crippen molar-refractivity contribution in [2.45, 2.75) is 71.3 Å². The van der Waals surface area contributed by atoms with Crippen LogP contribution in [0.15, 0.2) is 0 Å². The summed E-state index contributed by atoms with van der Waals surface area (Å²) in [5, 5.41) is 5.32. The molecule has 0 spiro atoms. The Balaban J connectivity index is 1.94. The number of fused-ring (bicyclic) bond motifs is 1. The summed E-state index contributed by atoms with van der Waals surface area (Å²) in [6.07, 6.45) is 8.97.